The zero-order chi connectivity index (χ0) is 4.71. The van der Waals surface area contributed by atoms with Crippen molar-refractivity contribution in [2.75, 3.05) is 14.1 Å². The number of rotatable bonds is 0. The molecule has 0 atom stereocenters. The van der Waals surface area contributed by atoms with Crippen molar-refractivity contribution in [1.82, 2.24) is 5.32 Å². The molecule has 0 aliphatic carbocycles. The minimum atomic E-state index is 0. The molecule has 0 rings (SSSR count). The summed E-state index contributed by atoms with van der Waals surface area (Å²) in [6.45, 7) is 0. The van der Waals surface area contributed by atoms with E-state index in [2.05, 4.69) is 18.0 Å². The second kappa shape index (κ2) is 28.5. The molecule has 1 radical (unpaired) electrons. The Morgan fingerprint density at radius 2 is 1.33 bits per heavy atom. The van der Waals surface area contributed by atoms with Crippen LogP contribution >= 0.6 is 33.1 Å². The summed E-state index contributed by atoms with van der Waals surface area (Å²) in [4.78, 5) is 0. The van der Waals surface area contributed by atoms with E-state index < -0.39 is 0 Å². The molecular weight excluding hydrogens is 353 g/mol. The van der Waals surface area contributed by atoms with Crippen LogP contribution in [0.4, 0.5) is 0 Å². The molecule has 1 N–H and O–H groups in total. The molecule has 0 saturated heterocycles. The van der Waals surface area contributed by atoms with Gasteiger partial charge in [0.25, 0.3) is 0 Å². The van der Waals surface area contributed by atoms with Gasteiger partial charge in [0.15, 0.2) is 0 Å². The van der Waals surface area contributed by atoms with Crippen molar-refractivity contribution >= 4 is 33.1 Å². The maximum atomic E-state index is 2.91. The monoisotopic (exact) mass is 358 g/mol. The summed E-state index contributed by atoms with van der Waals surface area (Å²) in [5.74, 6) is 0. The minimum Gasteiger partial charge on any atom is -0.323 e. The van der Waals surface area contributed by atoms with E-state index in [4.69, 9.17) is 0 Å². The van der Waals surface area contributed by atoms with Crippen molar-refractivity contribution in [3.63, 3.8) is 0 Å². The third-order valence-electron chi connectivity index (χ3n) is 0. The second-order valence-corrected chi connectivity index (χ2v) is 0.500. The molecule has 0 spiro atoms. The zero-order valence-electron chi connectivity index (χ0n) is 3.56. The van der Waals surface area contributed by atoms with Gasteiger partial charge in [-0.25, -0.2) is 0 Å². The number of hydrogen-bond acceptors (Lipinski definition) is 1. The van der Waals surface area contributed by atoms with E-state index in [1.807, 2.05) is 34.5 Å². The SMILES string of the molecule is BrI.CNC.[Ag]. The molecule has 6 heavy (non-hydrogen) atoms. The molecule has 0 fully saturated rings. The normalized spacial score (nSPS) is 4.00. The maximum absolute atomic E-state index is 2.91. The Kier molecular flexibility index (Phi) is 74.4. The summed E-state index contributed by atoms with van der Waals surface area (Å²) in [6, 6.07) is 0. The number of nitrogens with one attached hydrogen (secondary N) is 1. The fourth-order valence-corrected chi connectivity index (χ4v) is 0. The van der Waals surface area contributed by atoms with E-state index in [0.717, 1.165) is 0 Å². The third kappa shape index (κ3) is 39.1. The molecule has 1 nitrogen and oxygen atoms in total. The topological polar surface area (TPSA) is 12.0 Å². The molecule has 0 aliphatic rings. The van der Waals surface area contributed by atoms with Gasteiger partial charge in [0.2, 0.25) is 0 Å². The Hall–Kier alpha value is 1.91. The minimum absolute atomic E-state index is 0. The first-order chi connectivity index (χ1) is 2.41. The van der Waals surface area contributed by atoms with Gasteiger partial charge in [-0.1, -0.05) is 0 Å². The number of hydrogen-bond donors (Lipinski definition) is 1. The van der Waals surface area contributed by atoms with Gasteiger partial charge in [-0.2, -0.15) is 0 Å². The molecule has 0 aromatic heterocycles. The van der Waals surface area contributed by atoms with Crippen LogP contribution in [0.25, 0.3) is 0 Å². The summed E-state index contributed by atoms with van der Waals surface area (Å²) in [7, 11) is 3.75. The fraction of sp³-hybridized carbons (Fsp3) is 1.00. The Morgan fingerprint density at radius 3 is 1.33 bits per heavy atom. The quantitative estimate of drug-likeness (QED) is 0.511. The summed E-state index contributed by atoms with van der Waals surface area (Å²) in [5, 5.41) is 2.75. The third-order valence-corrected chi connectivity index (χ3v) is 0. The van der Waals surface area contributed by atoms with Crippen LogP contribution in [0.3, 0.4) is 0 Å². The van der Waals surface area contributed by atoms with Crippen LogP contribution in [0.2, 0.25) is 0 Å². The van der Waals surface area contributed by atoms with Crippen molar-refractivity contribution < 1.29 is 22.4 Å². The number of halogens is 2. The van der Waals surface area contributed by atoms with Crippen molar-refractivity contribution in [3.05, 3.63) is 0 Å². The molecule has 0 aliphatic heterocycles. The molecule has 0 amide bonds. The predicted octanol–water partition coefficient (Wildman–Crippen LogP) is 1.56. The van der Waals surface area contributed by atoms with Crippen LogP contribution in [0.5, 0.6) is 0 Å². The molecule has 0 aromatic rings. The van der Waals surface area contributed by atoms with Gasteiger partial charge in [0.05, 0.1) is 0 Å². The summed E-state index contributed by atoms with van der Waals surface area (Å²) in [6.07, 6.45) is 0. The Labute approximate surface area is 74.0 Å². The molecule has 0 bridgehead atoms. The van der Waals surface area contributed by atoms with E-state index >= 15 is 0 Å². The zero-order valence-corrected chi connectivity index (χ0v) is 8.78. The standard InChI is InChI=1S/C2H7N.Ag.BrI/c1-3-2;;1-2/h3H,1-2H3;;. The van der Waals surface area contributed by atoms with Gasteiger partial charge < -0.3 is 5.32 Å². The largest absolute Gasteiger partial charge is 0.323 e. The van der Waals surface area contributed by atoms with Crippen LogP contribution in [0.1, 0.15) is 0 Å². The van der Waals surface area contributed by atoms with Gasteiger partial charge in [-0.15, -0.1) is 0 Å². The van der Waals surface area contributed by atoms with Gasteiger partial charge in [0.1, 0.15) is 0 Å². The van der Waals surface area contributed by atoms with Gasteiger partial charge in [-0.05, 0) is 26.8 Å². The first-order valence-corrected chi connectivity index (χ1v) is 5.98. The van der Waals surface area contributed by atoms with E-state index in [-0.39, 0.29) is 22.4 Å². The summed E-state index contributed by atoms with van der Waals surface area (Å²) < 4.78 is 0. The van der Waals surface area contributed by atoms with Crippen molar-refractivity contribution in [2.45, 2.75) is 0 Å². The first-order valence-electron chi connectivity index (χ1n) is 1.14. The van der Waals surface area contributed by atoms with Crippen molar-refractivity contribution in [2.24, 2.45) is 0 Å². The summed E-state index contributed by atoms with van der Waals surface area (Å²) in [5.41, 5.74) is 0. The van der Waals surface area contributed by atoms with Crippen LogP contribution < -0.4 is 5.32 Å². The van der Waals surface area contributed by atoms with Gasteiger partial charge in [-0.3, -0.25) is 0 Å². The predicted molar refractivity (Wildman–Crippen MR) is 37.9 cm³/mol. The van der Waals surface area contributed by atoms with E-state index in [1.54, 1.807) is 0 Å². The molecule has 0 heterocycles. The Balaban J connectivity index is -0.0000000275. The second-order valence-electron chi connectivity index (χ2n) is 0.500. The first kappa shape index (κ1) is 15.7. The molecule has 0 unspecified atom stereocenters. The molecule has 0 aromatic carbocycles. The van der Waals surface area contributed by atoms with Crippen LogP contribution in [-0.2, 0) is 22.4 Å². The average Bonchev–Trinajstić information content (AvgIpc) is 1.46. The fourth-order valence-electron chi connectivity index (χ4n) is 0. The Bertz CT molecular complexity index is 13.5. The van der Waals surface area contributed by atoms with Crippen molar-refractivity contribution in [1.29, 1.82) is 0 Å². The molecular formula is C2H7AgBrIN. The molecule has 45 valence electrons. The Morgan fingerprint density at radius 1 is 1.33 bits per heavy atom. The molecule has 0 saturated carbocycles. The van der Waals surface area contributed by atoms with Crippen LogP contribution in [0, 0.1) is 0 Å². The van der Waals surface area contributed by atoms with Crippen LogP contribution in [-0.4, -0.2) is 14.1 Å². The van der Waals surface area contributed by atoms with E-state index in [9.17, 15) is 0 Å². The average molecular weight is 360 g/mol. The molecule has 4 heteroatoms. The smallest absolute Gasteiger partial charge is 0.00711 e. The summed E-state index contributed by atoms with van der Waals surface area (Å²) >= 11 is 4.87. The van der Waals surface area contributed by atoms with Gasteiger partial charge >= 0.3 is 0 Å². The van der Waals surface area contributed by atoms with Crippen molar-refractivity contribution in [3.8, 4) is 0 Å². The van der Waals surface area contributed by atoms with Crippen LogP contribution in [0.15, 0.2) is 0 Å². The maximum Gasteiger partial charge on any atom is 0.00711 e. The van der Waals surface area contributed by atoms with E-state index in [1.165, 1.54) is 0 Å². The van der Waals surface area contributed by atoms with Gasteiger partial charge in [0, 0.05) is 42.7 Å². The van der Waals surface area contributed by atoms with E-state index in [0.29, 0.717) is 0 Å².